The fourth-order valence-corrected chi connectivity index (χ4v) is 2.20. The highest BCUT2D eigenvalue weighted by molar-refractivity contribution is 6.33. The Morgan fingerprint density at radius 1 is 1.03 bits per heavy atom. The predicted molar refractivity (Wildman–Crippen MR) is 96.5 cm³/mol. The van der Waals surface area contributed by atoms with Crippen LogP contribution in [0, 0.1) is 0 Å². The van der Waals surface area contributed by atoms with Crippen LogP contribution in [0.4, 0.5) is 18.9 Å². The molecule has 2 aromatic carbocycles. The van der Waals surface area contributed by atoms with Crippen molar-refractivity contribution >= 4 is 35.1 Å². The normalized spacial score (nSPS) is 10.9. The van der Waals surface area contributed by atoms with E-state index < -0.39 is 36.1 Å². The highest BCUT2D eigenvalue weighted by Gasteiger charge is 2.31. The molecule has 2 amide bonds. The van der Waals surface area contributed by atoms with Gasteiger partial charge in [-0.2, -0.15) is 13.2 Å². The molecule has 0 fully saturated rings. The number of hydrogen-bond donors (Lipinski definition) is 2. The average molecular weight is 431 g/mol. The van der Waals surface area contributed by atoms with Gasteiger partial charge in [-0.15, -0.1) is 0 Å². The zero-order valence-corrected chi connectivity index (χ0v) is 15.3. The highest BCUT2D eigenvalue weighted by atomic mass is 35.5. The maximum atomic E-state index is 12.7. The standard InChI is InChI=1S/C18H14ClF3N2O5/c19-13-6-3-11(18(20,21)22)7-14(13)24-16(26)9-29-17(27)10-1-4-12(5-2-10)28-8-15(23)25/h1-7H,8-9H2,(H2,23,25)(H,24,26). The van der Waals surface area contributed by atoms with Gasteiger partial charge in [0.25, 0.3) is 11.8 Å². The van der Waals surface area contributed by atoms with Crippen LogP contribution in [-0.2, 0) is 20.5 Å². The van der Waals surface area contributed by atoms with Crippen molar-refractivity contribution in [2.24, 2.45) is 5.73 Å². The molecule has 154 valence electrons. The van der Waals surface area contributed by atoms with Gasteiger partial charge in [-0.05, 0) is 42.5 Å². The summed E-state index contributed by atoms with van der Waals surface area (Å²) in [5.41, 5.74) is 3.77. The Bertz CT molecular complexity index is 917. The molecule has 2 rings (SSSR count). The second-order valence-electron chi connectivity index (χ2n) is 5.60. The Kier molecular flexibility index (Phi) is 7.05. The minimum atomic E-state index is -4.61. The third kappa shape index (κ3) is 6.68. The number of rotatable bonds is 7. The summed E-state index contributed by atoms with van der Waals surface area (Å²) in [4.78, 5) is 34.4. The van der Waals surface area contributed by atoms with E-state index in [4.69, 9.17) is 26.8 Å². The third-order valence-corrected chi connectivity index (χ3v) is 3.70. The Labute approximate surface area is 167 Å². The lowest BCUT2D eigenvalue weighted by Gasteiger charge is -2.12. The number of primary amides is 1. The minimum absolute atomic E-state index is 0.0846. The molecule has 0 heterocycles. The SMILES string of the molecule is NC(=O)COc1ccc(C(=O)OCC(=O)Nc2cc(C(F)(F)F)ccc2Cl)cc1. The molecule has 0 spiro atoms. The van der Waals surface area contributed by atoms with E-state index in [2.05, 4.69) is 5.32 Å². The molecular weight excluding hydrogens is 417 g/mol. The van der Waals surface area contributed by atoms with Crippen LogP contribution < -0.4 is 15.8 Å². The molecule has 0 aliphatic rings. The summed E-state index contributed by atoms with van der Waals surface area (Å²) in [6.07, 6.45) is -4.61. The average Bonchev–Trinajstić information content (AvgIpc) is 2.65. The van der Waals surface area contributed by atoms with Gasteiger partial charge in [-0.25, -0.2) is 4.79 Å². The second-order valence-corrected chi connectivity index (χ2v) is 6.00. The molecule has 0 aliphatic carbocycles. The van der Waals surface area contributed by atoms with Gasteiger partial charge in [0, 0.05) is 0 Å². The van der Waals surface area contributed by atoms with E-state index in [0.717, 1.165) is 12.1 Å². The topological polar surface area (TPSA) is 108 Å². The van der Waals surface area contributed by atoms with E-state index in [-0.39, 0.29) is 28.6 Å². The number of nitrogens with one attached hydrogen (secondary N) is 1. The number of hydrogen-bond acceptors (Lipinski definition) is 5. The summed E-state index contributed by atoms with van der Waals surface area (Å²) in [6.45, 7) is -1.08. The number of halogens is 4. The molecule has 29 heavy (non-hydrogen) atoms. The van der Waals surface area contributed by atoms with Crippen LogP contribution >= 0.6 is 11.6 Å². The zero-order valence-electron chi connectivity index (χ0n) is 14.6. The Hall–Kier alpha value is -3.27. The van der Waals surface area contributed by atoms with Gasteiger partial charge in [0.2, 0.25) is 0 Å². The summed E-state index contributed by atoms with van der Waals surface area (Å²) in [5, 5.41) is 2.05. The number of amides is 2. The fraction of sp³-hybridized carbons (Fsp3) is 0.167. The van der Waals surface area contributed by atoms with Crippen LogP contribution in [0.15, 0.2) is 42.5 Å². The van der Waals surface area contributed by atoms with E-state index in [0.29, 0.717) is 6.07 Å². The molecule has 0 aromatic heterocycles. The van der Waals surface area contributed by atoms with Gasteiger partial charge in [0.1, 0.15) is 5.75 Å². The number of esters is 1. The van der Waals surface area contributed by atoms with Gasteiger partial charge in [-0.1, -0.05) is 11.6 Å². The van der Waals surface area contributed by atoms with Crippen molar-refractivity contribution in [2.75, 3.05) is 18.5 Å². The molecule has 0 bridgehead atoms. The van der Waals surface area contributed by atoms with Crippen LogP contribution in [0.1, 0.15) is 15.9 Å². The first-order valence-corrected chi connectivity index (χ1v) is 8.29. The van der Waals surface area contributed by atoms with E-state index in [9.17, 15) is 27.6 Å². The fourth-order valence-electron chi connectivity index (χ4n) is 2.04. The Morgan fingerprint density at radius 2 is 1.69 bits per heavy atom. The lowest BCUT2D eigenvalue weighted by Crippen LogP contribution is -2.21. The number of carbonyl (C=O) groups is 3. The van der Waals surface area contributed by atoms with Crippen LogP contribution in [0.3, 0.4) is 0 Å². The van der Waals surface area contributed by atoms with Crippen molar-refractivity contribution in [1.29, 1.82) is 0 Å². The summed E-state index contributed by atoms with van der Waals surface area (Å²) >= 11 is 5.78. The van der Waals surface area contributed by atoms with Crippen molar-refractivity contribution < 1.29 is 37.0 Å². The number of alkyl halides is 3. The molecule has 0 aliphatic heterocycles. The van der Waals surface area contributed by atoms with Crippen molar-refractivity contribution in [2.45, 2.75) is 6.18 Å². The zero-order chi connectivity index (χ0) is 21.6. The van der Waals surface area contributed by atoms with Crippen LogP contribution in [-0.4, -0.2) is 31.0 Å². The van der Waals surface area contributed by atoms with Gasteiger partial charge in [-0.3, -0.25) is 9.59 Å². The van der Waals surface area contributed by atoms with Gasteiger partial charge < -0.3 is 20.5 Å². The van der Waals surface area contributed by atoms with Crippen molar-refractivity contribution in [1.82, 2.24) is 0 Å². The molecule has 0 radical (unpaired) electrons. The second kappa shape index (κ2) is 9.28. The first-order chi connectivity index (χ1) is 13.6. The van der Waals surface area contributed by atoms with Crippen LogP contribution in [0.5, 0.6) is 5.75 Å². The van der Waals surface area contributed by atoms with Crippen molar-refractivity contribution in [3.8, 4) is 5.75 Å². The number of benzene rings is 2. The van der Waals surface area contributed by atoms with E-state index >= 15 is 0 Å². The summed E-state index contributed by atoms with van der Waals surface area (Å²) in [7, 11) is 0. The summed E-state index contributed by atoms with van der Waals surface area (Å²) in [5.74, 6) is -2.10. The van der Waals surface area contributed by atoms with E-state index in [1.807, 2.05) is 0 Å². The lowest BCUT2D eigenvalue weighted by atomic mass is 10.2. The van der Waals surface area contributed by atoms with Gasteiger partial charge in [0.05, 0.1) is 21.8 Å². The molecule has 0 saturated heterocycles. The maximum Gasteiger partial charge on any atom is 0.416 e. The minimum Gasteiger partial charge on any atom is -0.484 e. The van der Waals surface area contributed by atoms with Gasteiger partial charge >= 0.3 is 12.1 Å². The van der Waals surface area contributed by atoms with Gasteiger partial charge in [0.15, 0.2) is 13.2 Å². The number of anilines is 1. The maximum absolute atomic E-state index is 12.7. The van der Waals surface area contributed by atoms with Crippen molar-refractivity contribution in [3.05, 3.63) is 58.6 Å². The molecule has 0 atom stereocenters. The molecule has 2 aromatic rings. The summed E-state index contributed by atoms with van der Waals surface area (Å²) in [6, 6.07) is 7.89. The molecule has 11 heteroatoms. The molecule has 7 nitrogen and oxygen atoms in total. The number of nitrogens with two attached hydrogens (primary N) is 1. The molecular formula is C18H14ClF3N2O5. The first-order valence-electron chi connectivity index (χ1n) is 7.91. The molecule has 0 unspecified atom stereocenters. The van der Waals surface area contributed by atoms with E-state index in [1.54, 1.807) is 0 Å². The van der Waals surface area contributed by atoms with Crippen LogP contribution in [0.2, 0.25) is 5.02 Å². The van der Waals surface area contributed by atoms with E-state index in [1.165, 1.54) is 24.3 Å². The first kappa shape index (κ1) is 22.0. The highest BCUT2D eigenvalue weighted by Crippen LogP contribution is 2.33. The number of ether oxygens (including phenoxy) is 2. The molecule has 0 saturated carbocycles. The van der Waals surface area contributed by atoms with Crippen molar-refractivity contribution in [3.63, 3.8) is 0 Å². The Morgan fingerprint density at radius 3 is 2.28 bits per heavy atom. The number of carbonyl (C=O) groups excluding carboxylic acids is 3. The van der Waals surface area contributed by atoms with Crippen LogP contribution in [0.25, 0.3) is 0 Å². The third-order valence-electron chi connectivity index (χ3n) is 3.37. The molecule has 3 N–H and O–H groups in total. The Balaban J connectivity index is 1.92. The predicted octanol–water partition coefficient (Wildman–Crippen LogP) is 3.02. The smallest absolute Gasteiger partial charge is 0.416 e. The lowest BCUT2D eigenvalue weighted by molar-refractivity contribution is -0.137. The quantitative estimate of drug-likeness (QED) is 0.656. The summed E-state index contributed by atoms with van der Waals surface area (Å²) < 4.78 is 48.0. The monoisotopic (exact) mass is 430 g/mol. The largest absolute Gasteiger partial charge is 0.484 e.